The maximum Gasteiger partial charge on any atom is 0.224 e. The van der Waals surface area contributed by atoms with E-state index in [0.717, 1.165) is 37.0 Å². The highest BCUT2D eigenvalue weighted by molar-refractivity contribution is 5.82. The van der Waals surface area contributed by atoms with Gasteiger partial charge in [-0.1, -0.05) is 11.6 Å². The Hall–Kier alpha value is -2.40. The summed E-state index contributed by atoms with van der Waals surface area (Å²) in [6.07, 6.45) is 7.30. The maximum atomic E-state index is 9.62. The van der Waals surface area contributed by atoms with Gasteiger partial charge in [-0.05, 0) is 56.9 Å². The minimum Gasteiger partial charge on any atom is -0.393 e. The zero-order valence-corrected chi connectivity index (χ0v) is 13.8. The van der Waals surface area contributed by atoms with Crippen LogP contribution in [0.15, 0.2) is 42.7 Å². The summed E-state index contributed by atoms with van der Waals surface area (Å²) in [5, 5.41) is 14.2. The molecule has 124 valence electrons. The van der Waals surface area contributed by atoms with E-state index in [2.05, 4.69) is 51.0 Å². The molecule has 0 aliphatic heterocycles. The number of hydrogen-bond donors (Lipinski definition) is 2. The van der Waals surface area contributed by atoms with Gasteiger partial charge >= 0.3 is 0 Å². The summed E-state index contributed by atoms with van der Waals surface area (Å²) < 4.78 is 2.09. The van der Waals surface area contributed by atoms with Gasteiger partial charge in [-0.25, -0.2) is 4.98 Å². The Labute approximate surface area is 141 Å². The van der Waals surface area contributed by atoms with E-state index in [-0.39, 0.29) is 6.10 Å². The minimum absolute atomic E-state index is 0.148. The lowest BCUT2D eigenvalue weighted by molar-refractivity contribution is 0.126. The third-order valence-electron chi connectivity index (χ3n) is 4.76. The second kappa shape index (κ2) is 6.24. The van der Waals surface area contributed by atoms with E-state index >= 15 is 0 Å². The molecule has 2 heterocycles. The highest BCUT2D eigenvalue weighted by Gasteiger charge is 2.19. The van der Waals surface area contributed by atoms with Gasteiger partial charge < -0.3 is 15.0 Å². The average molecular weight is 322 g/mol. The van der Waals surface area contributed by atoms with Gasteiger partial charge in [0.05, 0.1) is 11.6 Å². The second-order valence-electron chi connectivity index (χ2n) is 6.64. The van der Waals surface area contributed by atoms with E-state index in [1.807, 2.05) is 12.3 Å². The molecule has 0 amide bonds. The summed E-state index contributed by atoms with van der Waals surface area (Å²) in [4.78, 5) is 9.04. The Kier molecular flexibility index (Phi) is 3.94. The number of aryl methyl sites for hydroxylation is 1. The number of nitrogens with zero attached hydrogens (tertiary/aromatic N) is 3. The van der Waals surface area contributed by atoms with Gasteiger partial charge in [-0.3, -0.25) is 0 Å². The van der Waals surface area contributed by atoms with E-state index in [1.54, 1.807) is 6.20 Å². The molecule has 2 N–H and O–H groups in total. The largest absolute Gasteiger partial charge is 0.393 e. The van der Waals surface area contributed by atoms with Gasteiger partial charge in [0, 0.05) is 23.8 Å². The molecule has 1 aliphatic rings. The van der Waals surface area contributed by atoms with Gasteiger partial charge in [-0.2, -0.15) is 4.98 Å². The Morgan fingerprint density at radius 3 is 2.79 bits per heavy atom. The highest BCUT2D eigenvalue weighted by Crippen LogP contribution is 2.23. The number of benzene rings is 1. The van der Waals surface area contributed by atoms with Crippen molar-refractivity contribution in [3.63, 3.8) is 0 Å². The summed E-state index contributed by atoms with van der Waals surface area (Å²) >= 11 is 0. The summed E-state index contributed by atoms with van der Waals surface area (Å²) in [5.74, 6) is 1.52. The topological polar surface area (TPSA) is 63.0 Å². The lowest BCUT2D eigenvalue weighted by Gasteiger charge is -2.26. The van der Waals surface area contributed by atoms with Gasteiger partial charge in [0.2, 0.25) is 5.95 Å². The number of hydrogen-bond acceptors (Lipinski definition) is 4. The van der Waals surface area contributed by atoms with E-state index in [1.165, 1.54) is 10.9 Å². The molecule has 5 heteroatoms. The van der Waals surface area contributed by atoms with Gasteiger partial charge in [0.1, 0.15) is 5.82 Å². The predicted octanol–water partition coefficient (Wildman–Crippen LogP) is 3.44. The molecule has 1 aromatic carbocycles. The Morgan fingerprint density at radius 2 is 1.96 bits per heavy atom. The molecule has 2 aromatic heterocycles. The third kappa shape index (κ3) is 2.99. The molecule has 1 aliphatic carbocycles. The fourth-order valence-corrected chi connectivity index (χ4v) is 3.42. The Bertz CT molecular complexity index is 849. The summed E-state index contributed by atoms with van der Waals surface area (Å²) in [7, 11) is 0. The van der Waals surface area contributed by atoms with Crippen LogP contribution in [0.5, 0.6) is 0 Å². The van der Waals surface area contributed by atoms with E-state index < -0.39 is 0 Å². The van der Waals surface area contributed by atoms with E-state index in [4.69, 9.17) is 0 Å². The minimum atomic E-state index is -0.148. The number of anilines is 1. The first-order chi connectivity index (χ1) is 11.7. The molecule has 0 atom stereocenters. The number of fused-ring (bicyclic) bond motifs is 1. The molecule has 3 aromatic rings. The van der Waals surface area contributed by atoms with Crippen LogP contribution in [0.3, 0.4) is 0 Å². The first-order valence-electron chi connectivity index (χ1n) is 8.55. The molecule has 0 unspecified atom stereocenters. The predicted molar refractivity (Wildman–Crippen MR) is 95.5 cm³/mol. The van der Waals surface area contributed by atoms with Crippen LogP contribution >= 0.6 is 0 Å². The fraction of sp³-hybridized carbons (Fsp3) is 0.368. The van der Waals surface area contributed by atoms with Crippen LogP contribution in [0, 0.1) is 6.92 Å². The molecule has 1 saturated carbocycles. The first kappa shape index (κ1) is 15.1. The van der Waals surface area contributed by atoms with Crippen LogP contribution in [0.1, 0.15) is 31.2 Å². The van der Waals surface area contributed by atoms with Crippen molar-refractivity contribution >= 4 is 16.9 Å². The van der Waals surface area contributed by atoms with Crippen LogP contribution in [0.2, 0.25) is 0 Å². The lowest BCUT2D eigenvalue weighted by Crippen LogP contribution is -2.29. The molecule has 0 radical (unpaired) electrons. The van der Waals surface area contributed by atoms with Gasteiger partial charge in [0.25, 0.3) is 0 Å². The molecular weight excluding hydrogens is 300 g/mol. The smallest absolute Gasteiger partial charge is 0.224 e. The van der Waals surface area contributed by atoms with Crippen LogP contribution in [0.4, 0.5) is 5.95 Å². The zero-order chi connectivity index (χ0) is 16.5. The summed E-state index contributed by atoms with van der Waals surface area (Å²) in [5.41, 5.74) is 2.40. The third-order valence-corrected chi connectivity index (χ3v) is 4.76. The zero-order valence-electron chi connectivity index (χ0n) is 13.8. The summed E-state index contributed by atoms with van der Waals surface area (Å²) in [6, 6.07) is 10.8. The SMILES string of the molecule is Cc1ccc2c(ccn2-c2ccnc(NC3CCC(O)CC3)n2)c1. The monoisotopic (exact) mass is 322 g/mol. The molecule has 0 bridgehead atoms. The maximum absolute atomic E-state index is 9.62. The van der Waals surface area contributed by atoms with Crippen LogP contribution in [-0.2, 0) is 0 Å². The van der Waals surface area contributed by atoms with E-state index in [9.17, 15) is 5.11 Å². The molecule has 4 rings (SSSR count). The fourth-order valence-electron chi connectivity index (χ4n) is 3.42. The van der Waals surface area contributed by atoms with Crippen molar-refractivity contribution in [3.8, 4) is 5.82 Å². The van der Waals surface area contributed by atoms with Crippen molar-refractivity contribution in [3.05, 3.63) is 48.3 Å². The highest BCUT2D eigenvalue weighted by atomic mass is 16.3. The Morgan fingerprint density at radius 1 is 1.12 bits per heavy atom. The average Bonchev–Trinajstić information content (AvgIpc) is 3.00. The molecule has 5 nitrogen and oxygen atoms in total. The van der Waals surface area contributed by atoms with Crippen molar-refractivity contribution in [2.24, 2.45) is 0 Å². The molecule has 24 heavy (non-hydrogen) atoms. The van der Waals surface area contributed by atoms with Crippen molar-refractivity contribution in [2.45, 2.75) is 44.8 Å². The second-order valence-corrected chi connectivity index (χ2v) is 6.64. The molecule has 0 spiro atoms. The first-order valence-corrected chi connectivity index (χ1v) is 8.55. The Balaban J connectivity index is 1.60. The molecular formula is C19H22N4O. The number of aromatic nitrogens is 3. The lowest BCUT2D eigenvalue weighted by atomic mass is 9.93. The molecule has 1 fully saturated rings. The van der Waals surface area contributed by atoms with Crippen LogP contribution in [-0.4, -0.2) is 31.8 Å². The standard InChI is InChI=1S/C19H22N4O/c1-13-2-7-17-14(12-13)9-11-23(17)18-8-10-20-19(22-18)21-15-3-5-16(24)6-4-15/h2,7-12,15-16,24H,3-6H2,1H3,(H,20,21,22). The normalized spacial score (nSPS) is 21.1. The van der Waals surface area contributed by atoms with Crippen molar-refractivity contribution in [1.82, 2.24) is 14.5 Å². The molecule has 0 saturated heterocycles. The van der Waals surface area contributed by atoms with Crippen LogP contribution in [0.25, 0.3) is 16.7 Å². The number of aliphatic hydroxyl groups is 1. The number of nitrogens with one attached hydrogen (secondary N) is 1. The van der Waals surface area contributed by atoms with E-state index in [0.29, 0.717) is 12.0 Å². The van der Waals surface area contributed by atoms with Crippen molar-refractivity contribution in [2.75, 3.05) is 5.32 Å². The van der Waals surface area contributed by atoms with Crippen molar-refractivity contribution in [1.29, 1.82) is 0 Å². The van der Waals surface area contributed by atoms with Crippen molar-refractivity contribution < 1.29 is 5.11 Å². The number of rotatable bonds is 3. The van der Waals surface area contributed by atoms with Crippen LogP contribution < -0.4 is 5.32 Å². The van der Waals surface area contributed by atoms with Gasteiger partial charge in [0.15, 0.2) is 0 Å². The number of aliphatic hydroxyl groups excluding tert-OH is 1. The van der Waals surface area contributed by atoms with Gasteiger partial charge in [-0.15, -0.1) is 0 Å². The quantitative estimate of drug-likeness (QED) is 0.775. The summed E-state index contributed by atoms with van der Waals surface area (Å²) in [6.45, 7) is 2.10.